The summed E-state index contributed by atoms with van der Waals surface area (Å²) in [5.41, 5.74) is 1.49. The summed E-state index contributed by atoms with van der Waals surface area (Å²) in [7, 11) is 0. The summed E-state index contributed by atoms with van der Waals surface area (Å²) in [5, 5.41) is 0. The average molecular weight is 191 g/mol. The first kappa shape index (κ1) is 12.6. The number of aromatic nitrogens is 1. The van der Waals surface area contributed by atoms with E-state index in [-0.39, 0.29) is 5.78 Å². The molecule has 2 nitrogen and oxygen atoms in total. The number of nitrogens with zero attached hydrogens (tertiary/aromatic N) is 1. The highest BCUT2D eigenvalue weighted by Gasteiger charge is 2.00. The maximum atomic E-state index is 11.3. The minimum atomic E-state index is -0.0319. The van der Waals surface area contributed by atoms with Gasteiger partial charge in [0.15, 0.2) is 0 Å². The van der Waals surface area contributed by atoms with Crippen LogP contribution in [0.15, 0.2) is 36.0 Å². The number of allylic oxidation sites excluding steroid dienone is 2. The summed E-state index contributed by atoms with van der Waals surface area (Å²) >= 11 is 0. The van der Waals surface area contributed by atoms with E-state index >= 15 is 0 Å². The van der Waals surface area contributed by atoms with Crippen molar-refractivity contribution in [2.75, 3.05) is 0 Å². The molecule has 14 heavy (non-hydrogen) atoms. The zero-order chi connectivity index (χ0) is 11.0. The van der Waals surface area contributed by atoms with Crippen LogP contribution >= 0.6 is 0 Å². The average Bonchev–Trinajstić information content (AvgIpc) is 2.21. The first-order valence-corrected chi connectivity index (χ1v) is 4.80. The zero-order valence-electron chi connectivity index (χ0n) is 9.24. The highest BCUT2D eigenvalue weighted by molar-refractivity contribution is 6.03. The van der Waals surface area contributed by atoms with Crippen molar-refractivity contribution >= 4 is 5.78 Å². The maximum Gasteiger partial charge on any atom is 0.204 e. The van der Waals surface area contributed by atoms with Crippen molar-refractivity contribution in [2.24, 2.45) is 0 Å². The predicted octanol–water partition coefficient (Wildman–Crippen LogP) is 3.26. The van der Waals surface area contributed by atoms with Crippen molar-refractivity contribution < 1.29 is 4.79 Å². The van der Waals surface area contributed by atoms with Crippen LogP contribution in [0.1, 0.15) is 38.2 Å². The molecule has 0 aliphatic rings. The van der Waals surface area contributed by atoms with E-state index in [0.717, 1.165) is 5.57 Å². The fraction of sp³-hybridized carbons (Fsp3) is 0.333. The molecule has 0 amide bonds. The summed E-state index contributed by atoms with van der Waals surface area (Å²) in [5.74, 6) is -0.0319. The Balaban J connectivity index is 0.000000791. The van der Waals surface area contributed by atoms with E-state index in [2.05, 4.69) is 4.98 Å². The molecule has 0 radical (unpaired) electrons. The lowest BCUT2D eigenvalue weighted by atomic mass is 10.2. The molecule has 0 aliphatic carbocycles. The number of rotatable bonds is 2. The molecule has 1 aromatic heterocycles. The van der Waals surface area contributed by atoms with E-state index in [1.165, 1.54) is 0 Å². The van der Waals surface area contributed by atoms with Gasteiger partial charge in [0, 0.05) is 6.20 Å². The van der Waals surface area contributed by atoms with Gasteiger partial charge < -0.3 is 0 Å². The Hall–Kier alpha value is -1.44. The molecular weight excluding hydrogens is 174 g/mol. The smallest absolute Gasteiger partial charge is 0.204 e. The SMILES string of the molecule is CC.CC(C)=CC(=O)c1ccccn1. The standard InChI is InChI=1S/C10H11NO.C2H6/c1-8(2)7-10(12)9-5-3-4-6-11-9;1-2/h3-7H,1-2H3;1-2H3. The molecule has 1 aromatic rings. The molecule has 0 atom stereocenters. The number of carbonyl (C=O) groups is 1. The van der Waals surface area contributed by atoms with Crippen molar-refractivity contribution in [3.05, 3.63) is 41.7 Å². The number of ketones is 1. The molecule has 0 aliphatic heterocycles. The minimum absolute atomic E-state index is 0.0319. The summed E-state index contributed by atoms with van der Waals surface area (Å²) in [6, 6.07) is 5.31. The van der Waals surface area contributed by atoms with Crippen LogP contribution in [-0.4, -0.2) is 10.8 Å². The third-order valence-electron chi connectivity index (χ3n) is 1.34. The van der Waals surface area contributed by atoms with E-state index in [9.17, 15) is 4.79 Å². The Bertz CT molecular complexity index is 297. The quantitative estimate of drug-likeness (QED) is 0.530. The van der Waals surface area contributed by atoms with Crippen LogP contribution in [0.4, 0.5) is 0 Å². The highest BCUT2D eigenvalue weighted by atomic mass is 16.1. The first-order chi connectivity index (χ1) is 6.70. The Morgan fingerprint density at radius 3 is 2.36 bits per heavy atom. The van der Waals surface area contributed by atoms with Gasteiger partial charge in [0.05, 0.1) is 0 Å². The second-order valence-electron chi connectivity index (χ2n) is 2.80. The van der Waals surface area contributed by atoms with Gasteiger partial charge in [0.25, 0.3) is 0 Å². The molecule has 0 fully saturated rings. The second kappa shape index (κ2) is 7.01. The first-order valence-electron chi connectivity index (χ1n) is 4.80. The van der Waals surface area contributed by atoms with Crippen molar-refractivity contribution in [1.29, 1.82) is 0 Å². The van der Waals surface area contributed by atoms with Crippen LogP contribution in [0.3, 0.4) is 0 Å². The Kier molecular flexibility index (Phi) is 6.29. The van der Waals surface area contributed by atoms with Crippen LogP contribution in [0.2, 0.25) is 0 Å². The molecule has 0 unspecified atom stereocenters. The molecule has 76 valence electrons. The van der Waals surface area contributed by atoms with E-state index in [1.807, 2.05) is 27.7 Å². The third-order valence-corrected chi connectivity index (χ3v) is 1.34. The summed E-state index contributed by atoms with van der Waals surface area (Å²) in [6.45, 7) is 7.78. The van der Waals surface area contributed by atoms with Gasteiger partial charge in [-0.05, 0) is 32.1 Å². The minimum Gasteiger partial charge on any atom is -0.288 e. The van der Waals surface area contributed by atoms with Crippen LogP contribution in [-0.2, 0) is 0 Å². The third kappa shape index (κ3) is 4.55. The van der Waals surface area contributed by atoms with Crippen molar-refractivity contribution in [2.45, 2.75) is 27.7 Å². The molecule has 0 saturated heterocycles. The van der Waals surface area contributed by atoms with Gasteiger partial charge in [0.1, 0.15) is 5.69 Å². The molecule has 1 rings (SSSR count). The Morgan fingerprint density at radius 2 is 1.93 bits per heavy atom. The molecule has 1 heterocycles. The van der Waals surface area contributed by atoms with E-state index in [4.69, 9.17) is 0 Å². The molecule has 0 N–H and O–H groups in total. The van der Waals surface area contributed by atoms with E-state index < -0.39 is 0 Å². The van der Waals surface area contributed by atoms with Crippen molar-refractivity contribution in [1.82, 2.24) is 4.98 Å². The zero-order valence-corrected chi connectivity index (χ0v) is 9.24. The largest absolute Gasteiger partial charge is 0.288 e. The number of carbonyl (C=O) groups excluding carboxylic acids is 1. The Morgan fingerprint density at radius 1 is 1.29 bits per heavy atom. The molecule has 0 spiro atoms. The van der Waals surface area contributed by atoms with Crippen molar-refractivity contribution in [3.8, 4) is 0 Å². The topological polar surface area (TPSA) is 30.0 Å². The Labute approximate surface area is 85.7 Å². The van der Waals surface area contributed by atoms with Gasteiger partial charge in [-0.25, -0.2) is 0 Å². The van der Waals surface area contributed by atoms with Crippen molar-refractivity contribution in [3.63, 3.8) is 0 Å². The normalized spacial score (nSPS) is 8.29. The lowest BCUT2D eigenvalue weighted by Gasteiger charge is -1.93. The number of hydrogen-bond acceptors (Lipinski definition) is 2. The fourth-order valence-electron chi connectivity index (χ4n) is 0.845. The van der Waals surface area contributed by atoms with Crippen LogP contribution in [0.5, 0.6) is 0 Å². The van der Waals surface area contributed by atoms with Gasteiger partial charge >= 0.3 is 0 Å². The van der Waals surface area contributed by atoms with Gasteiger partial charge in [-0.15, -0.1) is 0 Å². The summed E-state index contributed by atoms with van der Waals surface area (Å²) in [6.07, 6.45) is 3.20. The molecule has 0 aromatic carbocycles. The lowest BCUT2D eigenvalue weighted by molar-refractivity contribution is 0.104. The number of pyridine rings is 1. The van der Waals surface area contributed by atoms with E-state index in [0.29, 0.717) is 5.69 Å². The maximum absolute atomic E-state index is 11.3. The van der Waals surface area contributed by atoms with Crippen LogP contribution in [0.25, 0.3) is 0 Å². The highest BCUT2D eigenvalue weighted by Crippen LogP contribution is 1.99. The van der Waals surface area contributed by atoms with Gasteiger partial charge in [0.2, 0.25) is 5.78 Å². The van der Waals surface area contributed by atoms with Gasteiger partial charge in [-0.1, -0.05) is 25.5 Å². The van der Waals surface area contributed by atoms with E-state index in [1.54, 1.807) is 30.5 Å². The van der Waals surface area contributed by atoms with Crippen LogP contribution in [0, 0.1) is 0 Å². The van der Waals surface area contributed by atoms with Crippen LogP contribution < -0.4 is 0 Å². The second-order valence-corrected chi connectivity index (χ2v) is 2.80. The fourth-order valence-corrected chi connectivity index (χ4v) is 0.845. The summed E-state index contributed by atoms with van der Waals surface area (Å²) < 4.78 is 0. The number of hydrogen-bond donors (Lipinski definition) is 0. The monoisotopic (exact) mass is 191 g/mol. The lowest BCUT2D eigenvalue weighted by Crippen LogP contribution is -1.97. The predicted molar refractivity (Wildman–Crippen MR) is 59.3 cm³/mol. The molecule has 0 saturated carbocycles. The molecular formula is C12H17NO. The molecule has 0 bridgehead atoms. The summed E-state index contributed by atoms with van der Waals surface area (Å²) in [4.78, 5) is 15.3. The van der Waals surface area contributed by atoms with Gasteiger partial charge in [-0.3, -0.25) is 9.78 Å². The van der Waals surface area contributed by atoms with Gasteiger partial charge in [-0.2, -0.15) is 0 Å². The molecule has 2 heteroatoms.